The molecule has 4 aliphatic rings. The Kier molecular flexibility index (Phi) is 7.75. The summed E-state index contributed by atoms with van der Waals surface area (Å²) >= 11 is 0. The highest BCUT2D eigenvalue weighted by molar-refractivity contribution is 5.87. The quantitative estimate of drug-likeness (QED) is 0.342. The summed E-state index contributed by atoms with van der Waals surface area (Å²) in [6.07, 6.45) is 8.05. The van der Waals surface area contributed by atoms with Crippen molar-refractivity contribution in [2.45, 2.75) is 98.5 Å². The number of esters is 2. The second-order valence-electron chi connectivity index (χ2n) is 12.9. The van der Waals surface area contributed by atoms with Crippen molar-refractivity contribution in [2.75, 3.05) is 7.11 Å². The zero-order chi connectivity index (χ0) is 26.4. The summed E-state index contributed by atoms with van der Waals surface area (Å²) in [6.45, 7) is 10.4. The first-order valence-corrected chi connectivity index (χ1v) is 14.2. The Labute approximate surface area is 216 Å². The number of ketones is 1. The molecular formula is C30H46O6. The fourth-order valence-corrected chi connectivity index (χ4v) is 9.76. The first-order chi connectivity index (χ1) is 17.0. The van der Waals surface area contributed by atoms with Gasteiger partial charge in [0.05, 0.1) is 7.11 Å². The van der Waals surface area contributed by atoms with Gasteiger partial charge >= 0.3 is 11.9 Å². The third-order valence-corrected chi connectivity index (χ3v) is 11.6. The predicted molar refractivity (Wildman–Crippen MR) is 136 cm³/mol. The molecule has 202 valence electrons. The van der Waals surface area contributed by atoms with Crippen LogP contribution in [-0.2, 0) is 28.7 Å². The van der Waals surface area contributed by atoms with Crippen LogP contribution < -0.4 is 0 Å². The average Bonchev–Trinajstić information content (AvgIpc) is 3.21. The highest BCUT2D eigenvalue weighted by Crippen LogP contribution is 2.69. The molecular weight excluding hydrogens is 456 g/mol. The second kappa shape index (κ2) is 10.2. The van der Waals surface area contributed by atoms with E-state index in [0.717, 1.165) is 51.2 Å². The number of carbonyl (C=O) groups excluding carboxylic acids is 4. The summed E-state index contributed by atoms with van der Waals surface area (Å²) in [5.41, 5.74) is -0.482. The van der Waals surface area contributed by atoms with Gasteiger partial charge in [-0.3, -0.25) is 14.4 Å². The Balaban J connectivity index is 1.71. The SMILES string of the molecule is CC[C@H]1[C@@H](OC(C)=O)C2C3CC[C@H]([C@H](C)CCC(=O)OC)[C@@]3(C)C(=O)CC2[C@@]2(C)CC[C@@H](C=O)C[C@@H]12. The van der Waals surface area contributed by atoms with Gasteiger partial charge in [0.25, 0.3) is 0 Å². The molecule has 0 saturated heterocycles. The molecule has 0 radical (unpaired) electrons. The average molecular weight is 503 g/mol. The van der Waals surface area contributed by atoms with Crippen molar-refractivity contribution >= 4 is 24.0 Å². The molecule has 36 heavy (non-hydrogen) atoms. The van der Waals surface area contributed by atoms with Crippen molar-refractivity contribution < 1.29 is 28.7 Å². The lowest BCUT2D eigenvalue weighted by Gasteiger charge is -2.64. The van der Waals surface area contributed by atoms with Crippen LogP contribution in [-0.4, -0.2) is 37.2 Å². The van der Waals surface area contributed by atoms with Gasteiger partial charge in [-0.2, -0.15) is 0 Å². The molecule has 0 aromatic carbocycles. The van der Waals surface area contributed by atoms with Gasteiger partial charge in [0.2, 0.25) is 0 Å². The van der Waals surface area contributed by atoms with Gasteiger partial charge in [-0.05, 0) is 85.9 Å². The van der Waals surface area contributed by atoms with E-state index < -0.39 is 5.41 Å². The number of aldehydes is 1. The maximum atomic E-state index is 14.1. The lowest BCUT2D eigenvalue weighted by atomic mass is 9.40. The number of fused-ring (bicyclic) bond motifs is 5. The molecule has 11 atom stereocenters. The fraction of sp³-hybridized carbons (Fsp3) is 0.867. The molecule has 0 aromatic rings. The molecule has 0 spiro atoms. The minimum absolute atomic E-state index is 0.0208. The number of ether oxygens (including phenoxy) is 2. The topological polar surface area (TPSA) is 86.7 Å². The van der Waals surface area contributed by atoms with Crippen molar-refractivity contribution in [2.24, 2.45) is 58.2 Å². The van der Waals surface area contributed by atoms with Crippen LogP contribution in [0.5, 0.6) is 0 Å². The van der Waals surface area contributed by atoms with Crippen LogP contribution in [0.1, 0.15) is 92.4 Å². The van der Waals surface area contributed by atoms with E-state index in [9.17, 15) is 19.2 Å². The van der Waals surface area contributed by atoms with Crippen LogP contribution in [0.15, 0.2) is 0 Å². The van der Waals surface area contributed by atoms with Gasteiger partial charge in [0, 0.05) is 37.0 Å². The molecule has 0 heterocycles. The van der Waals surface area contributed by atoms with Crippen LogP contribution in [0.3, 0.4) is 0 Å². The third-order valence-electron chi connectivity index (χ3n) is 11.6. The number of hydrogen-bond donors (Lipinski definition) is 0. The number of methoxy groups -OCH3 is 1. The van der Waals surface area contributed by atoms with Crippen molar-refractivity contribution in [3.05, 3.63) is 0 Å². The predicted octanol–water partition coefficient (Wildman–Crippen LogP) is 5.41. The van der Waals surface area contributed by atoms with Crippen LogP contribution in [0.4, 0.5) is 0 Å². The number of hydrogen-bond acceptors (Lipinski definition) is 6. The summed E-state index contributed by atoms with van der Waals surface area (Å²) in [6, 6.07) is 0. The highest BCUT2D eigenvalue weighted by atomic mass is 16.5. The molecule has 6 heteroatoms. The van der Waals surface area contributed by atoms with E-state index in [0.29, 0.717) is 18.6 Å². The van der Waals surface area contributed by atoms with E-state index in [2.05, 4.69) is 27.7 Å². The third kappa shape index (κ3) is 4.24. The first kappa shape index (κ1) is 27.3. The Morgan fingerprint density at radius 2 is 1.86 bits per heavy atom. The minimum atomic E-state index is -0.462. The molecule has 0 aromatic heterocycles. The zero-order valence-corrected chi connectivity index (χ0v) is 23.1. The summed E-state index contributed by atoms with van der Waals surface area (Å²) in [5, 5.41) is 0. The summed E-state index contributed by atoms with van der Waals surface area (Å²) in [4.78, 5) is 50.1. The summed E-state index contributed by atoms with van der Waals surface area (Å²) < 4.78 is 11.1. The maximum Gasteiger partial charge on any atom is 0.305 e. The van der Waals surface area contributed by atoms with E-state index >= 15 is 0 Å². The van der Waals surface area contributed by atoms with E-state index in [1.807, 2.05) is 0 Å². The standard InChI is InChI=1S/C30H46O6/c1-7-20-23-14-19(16-31)12-13-29(23,4)24-15-25(33)30(5)21(17(2)8-11-26(34)35-6)9-10-22(30)27(24)28(20)36-18(3)32/h16-17,19-24,27-28H,7-15H2,1-6H3/t17-,19-,20-,21-,22?,23+,24?,27?,28-,29+,30-/m1/s1. The van der Waals surface area contributed by atoms with Gasteiger partial charge in [0.1, 0.15) is 18.2 Å². The van der Waals surface area contributed by atoms with Crippen LogP contribution in [0.2, 0.25) is 0 Å². The van der Waals surface area contributed by atoms with E-state index in [4.69, 9.17) is 9.47 Å². The lowest BCUT2D eigenvalue weighted by molar-refractivity contribution is -0.211. The number of rotatable bonds is 7. The molecule has 4 aliphatic carbocycles. The van der Waals surface area contributed by atoms with Crippen molar-refractivity contribution in [3.63, 3.8) is 0 Å². The monoisotopic (exact) mass is 502 g/mol. The molecule has 4 rings (SSSR count). The minimum Gasteiger partial charge on any atom is -0.469 e. The summed E-state index contributed by atoms with van der Waals surface area (Å²) in [5.74, 6) is 1.43. The van der Waals surface area contributed by atoms with E-state index in [1.165, 1.54) is 14.0 Å². The highest BCUT2D eigenvalue weighted by Gasteiger charge is 2.68. The molecule has 0 amide bonds. The Morgan fingerprint density at radius 1 is 1.14 bits per heavy atom. The molecule has 0 bridgehead atoms. The van der Waals surface area contributed by atoms with Gasteiger partial charge in [0.15, 0.2) is 0 Å². The Hall–Kier alpha value is -1.72. The van der Waals surface area contributed by atoms with Crippen LogP contribution in [0.25, 0.3) is 0 Å². The Bertz CT molecular complexity index is 883. The molecule has 6 nitrogen and oxygen atoms in total. The Morgan fingerprint density at radius 3 is 2.47 bits per heavy atom. The molecule has 0 N–H and O–H groups in total. The van der Waals surface area contributed by atoms with E-state index in [1.54, 1.807) is 0 Å². The lowest BCUT2D eigenvalue weighted by Crippen LogP contribution is -2.64. The van der Waals surface area contributed by atoms with E-state index in [-0.39, 0.29) is 70.8 Å². The maximum absolute atomic E-state index is 14.1. The van der Waals surface area contributed by atoms with Crippen LogP contribution in [0, 0.1) is 58.2 Å². The smallest absolute Gasteiger partial charge is 0.305 e. The van der Waals surface area contributed by atoms with Gasteiger partial charge in [-0.15, -0.1) is 0 Å². The molecule has 4 fully saturated rings. The zero-order valence-electron chi connectivity index (χ0n) is 23.1. The largest absolute Gasteiger partial charge is 0.469 e. The normalized spacial score (nSPS) is 44.6. The van der Waals surface area contributed by atoms with Crippen molar-refractivity contribution in [1.29, 1.82) is 0 Å². The van der Waals surface area contributed by atoms with Gasteiger partial charge in [-0.25, -0.2) is 0 Å². The molecule has 3 unspecified atom stereocenters. The molecule has 0 aliphatic heterocycles. The van der Waals surface area contributed by atoms with Gasteiger partial charge < -0.3 is 14.3 Å². The second-order valence-corrected chi connectivity index (χ2v) is 12.9. The van der Waals surface area contributed by atoms with Crippen molar-refractivity contribution in [3.8, 4) is 0 Å². The number of carbonyl (C=O) groups is 4. The number of Topliss-reactive ketones (excluding diaryl/α,β-unsaturated/α-hetero) is 1. The van der Waals surface area contributed by atoms with Gasteiger partial charge in [-0.1, -0.05) is 27.7 Å². The van der Waals surface area contributed by atoms with Crippen molar-refractivity contribution in [1.82, 2.24) is 0 Å². The summed E-state index contributed by atoms with van der Waals surface area (Å²) in [7, 11) is 1.42. The molecule has 4 saturated carbocycles. The fourth-order valence-electron chi connectivity index (χ4n) is 9.76. The van der Waals surface area contributed by atoms with Crippen LogP contribution >= 0.6 is 0 Å². The first-order valence-electron chi connectivity index (χ1n) is 14.2.